The predicted octanol–water partition coefficient (Wildman–Crippen LogP) is 6.32. The number of nitrogens with zero attached hydrogens (tertiary/aromatic N) is 2. The van der Waals surface area contributed by atoms with E-state index in [2.05, 4.69) is 61.0 Å². The lowest BCUT2D eigenvalue weighted by molar-refractivity contribution is 0.905. The predicted molar refractivity (Wildman–Crippen MR) is 113 cm³/mol. The van der Waals surface area contributed by atoms with E-state index in [9.17, 15) is 0 Å². The Kier molecular flexibility index (Phi) is 7.63. The van der Waals surface area contributed by atoms with Gasteiger partial charge in [-0.1, -0.05) is 98.8 Å². The van der Waals surface area contributed by atoms with Crippen molar-refractivity contribution in [2.75, 3.05) is 0 Å². The zero-order valence-corrected chi connectivity index (χ0v) is 16.2. The first-order chi connectivity index (χ1) is 12.8. The molecule has 2 heteroatoms. The molecule has 0 fully saturated rings. The molecule has 0 saturated heterocycles. The second kappa shape index (κ2) is 10.2. The Bertz CT molecular complexity index is 814. The molecule has 1 aliphatic carbocycles. The Labute approximate surface area is 157 Å². The monoisotopic (exact) mass is 344 g/mol. The molecule has 2 nitrogen and oxygen atoms in total. The van der Waals surface area contributed by atoms with E-state index < -0.39 is 0 Å². The molecule has 0 unspecified atom stereocenters. The van der Waals surface area contributed by atoms with E-state index in [1.165, 1.54) is 22.5 Å². The van der Waals surface area contributed by atoms with Crippen LogP contribution in [-0.2, 0) is 13.5 Å². The van der Waals surface area contributed by atoms with Crippen molar-refractivity contribution in [1.29, 1.82) is 0 Å². The van der Waals surface area contributed by atoms with E-state index in [0.29, 0.717) is 0 Å². The fourth-order valence-electron chi connectivity index (χ4n) is 2.89. The van der Waals surface area contributed by atoms with Gasteiger partial charge in [0.05, 0.1) is 11.4 Å². The second-order valence-electron chi connectivity index (χ2n) is 5.79. The lowest BCUT2D eigenvalue weighted by atomic mass is 10.1. The summed E-state index contributed by atoms with van der Waals surface area (Å²) in [4.78, 5) is 4.80. The van der Waals surface area contributed by atoms with Crippen molar-refractivity contribution in [2.24, 2.45) is 7.05 Å². The van der Waals surface area contributed by atoms with Crippen LogP contribution in [0.5, 0.6) is 0 Å². The molecule has 0 atom stereocenters. The number of hydrogen-bond donors (Lipinski definition) is 0. The van der Waals surface area contributed by atoms with Gasteiger partial charge < -0.3 is 4.57 Å². The van der Waals surface area contributed by atoms with Gasteiger partial charge in [-0.25, -0.2) is 4.98 Å². The minimum Gasteiger partial charge on any atom is -0.327 e. The summed E-state index contributed by atoms with van der Waals surface area (Å²) in [5, 5.41) is 0. The van der Waals surface area contributed by atoms with Crippen LogP contribution >= 0.6 is 0 Å². The maximum atomic E-state index is 4.80. The molecule has 134 valence electrons. The van der Waals surface area contributed by atoms with Gasteiger partial charge in [0.25, 0.3) is 0 Å². The summed E-state index contributed by atoms with van der Waals surface area (Å²) in [6, 6.07) is 22.4. The van der Waals surface area contributed by atoms with Gasteiger partial charge in [-0.2, -0.15) is 0 Å². The van der Waals surface area contributed by atoms with E-state index in [1.807, 2.05) is 56.3 Å². The van der Waals surface area contributed by atoms with Crippen molar-refractivity contribution >= 4 is 5.57 Å². The lowest BCUT2D eigenvalue weighted by Gasteiger charge is -2.06. The standard InChI is InChI=1S/C16H16N2.C6H6.C2H6/c1-12-8-6-7-11-14-15(12)18(2)16(17-14)13-9-4-3-5-10-13;1-2-4-6-5-3-1;1-2/h3-10H,11H2,1-2H3;1-6H;1-2H3. The minimum atomic E-state index is 0.907. The van der Waals surface area contributed by atoms with Crippen LogP contribution in [0.15, 0.2) is 85.0 Å². The van der Waals surface area contributed by atoms with Gasteiger partial charge in [-0.15, -0.1) is 0 Å². The van der Waals surface area contributed by atoms with E-state index in [1.54, 1.807) is 0 Å². The number of hydrogen-bond acceptors (Lipinski definition) is 1. The van der Waals surface area contributed by atoms with Crippen LogP contribution in [0.2, 0.25) is 0 Å². The molecule has 4 rings (SSSR count). The highest BCUT2D eigenvalue weighted by Gasteiger charge is 2.16. The van der Waals surface area contributed by atoms with E-state index >= 15 is 0 Å². The molecule has 2 aromatic carbocycles. The normalized spacial score (nSPS) is 11.8. The van der Waals surface area contributed by atoms with Crippen LogP contribution in [0, 0.1) is 0 Å². The Morgan fingerprint density at radius 1 is 0.846 bits per heavy atom. The zero-order valence-electron chi connectivity index (χ0n) is 16.2. The summed E-state index contributed by atoms with van der Waals surface area (Å²) in [5.41, 5.74) is 4.86. The first kappa shape index (κ1) is 19.5. The Morgan fingerprint density at radius 2 is 1.38 bits per heavy atom. The minimum absolute atomic E-state index is 0.907. The third-order valence-corrected chi connectivity index (χ3v) is 4.03. The first-order valence-corrected chi connectivity index (χ1v) is 9.22. The van der Waals surface area contributed by atoms with Crippen molar-refractivity contribution < 1.29 is 0 Å². The summed E-state index contributed by atoms with van der Waals surface area (Å²) in [6.45, 7) is 6.14. The number of benzene rings is 2. The summed E-state index contributed by atoms with van der Waals surface area (Å²) < 4.78 is 2.20. The molecular formula is C24H28N2. The summed E-state index contributed by atoms with van der Waals surface area (Å²) in [5.74, 6) is 1.05. The quantitative estimate of drug-likeness (QED) is 0.505. The highest BCUT2D eigenvalue weighted by atomic mass is 15.1. The van der Waals surface area contributed by atoms with Crippen molar-refractivity contribution in [2.45, 2.75) is 27.2 Å². The molecule has 0 radical (unpaired) electrons. The molecule has 0 saturated carbocycles. The van der Waals surface area contributed by atoms with Gasteiger partial charge in [0.2, 0.25) is 0 Å². The van der Waals surface area contributed by atoms with Crippen molar-refractivity contribution in [3.8, 4) is 11.4 Å². The van der Waals surface area contributed by atoms with E-state index in [4.69, 9.17) is 4.98 Å². The molecule has 3 aromatic rings. The summed E-state index contributed by atoms with van der Waals surface area (Å²) in [7, 11) is 2.09. The maximum absolute atomic E-state index is 4.80. The van der Waals surface area contributed by atoms with Gasteiger partial charge in [0.1, 0.15) is 5.82 Å². The molecule has 1 aliphatic rings. The average Bonchev–Trinajstić information content (AvgIpc) is 2.93. The second-order valence-corrected chi connectivity index (χ2v) is 5.79. The van der Waals surface area contributed by atoms with Gasteiger partial charge in [-0.05, 0) is 12.5 Å². The Balaban J connectivity index is 0.000000256. The Hall–Kier alpha value is -2.87. The summed E-state index contributed by atoms with van der Waals surface area (Å²) >= 11 is 0. The lowest BCUT2D eigenvalue weighted by Crippen LogP contribution is -1.98. The fourth-order valence-corrected chi connectivity index (χ4v) is 2.89. The topological polar surface area (TPSA) is 17.8 Å². The van der Waals surface area contributed by atoms with Gasteiger partial charge >= 0.3 is 0 Å². The number of aromatic nitrogens is 2. The highest BCUT2D eigenvalue weighted by Crippen LogP contribution is 2.27. The largest absolute Gasteiger partial charge is 0.327 e. The zero-order chi connectivity index (χ0) is 18.8. The van der Waals surface area contributed by atoms with Crippen LogP contribution in [0.1, 0.15) is 32.2 Å². The number of fused-ring (bicyclic) bond motifs is 1. The van der Waals surface area contributed by atoms with E-state index in [0.717, 1.165) is 12.2 Å². The third-order valence-electron chi connectivity index (χ3n) is 4.03. The van der Waals surface area contributed by atoms with Crippen molar-refractivity contribution in [1.82, 2.24) is 9.55 Å². The SMILES string of the molecule is CC.CC1=CC=CCc2nc(-c3ccccc3)n(C)c21.c1ccccc1. The van der Waals surface area contributed by atoms with Crippen molar-refractivity contribution in [3.63, 3.8) is 0 Å². The Morgan fingerprint density at radius 3 is 1.96 bits per heavy atom. The van der Waals surface area contributed by atoms with Crippen LogP contribution < -0.4 is 0 Å². The van der Waals surface area contributed by atoms with Crippen molar-refractivity contribution in [3.05, 3.63) is 96.3 Å². The summed E-state index contributed by atoms with van der Waals surface area (Å²) in [6.07, 6.45) is 7.34. The molecule has 0 spiro atoms. The van der Waals surface area contributed by atoms with Gasteiger partial charge in [-0.3, -0.25) is 0 Å². The van der Waals surface area contributed by atoms with Crippen LogP contribution in [0.3, 0.4) is 0 Å². The van der Waals surface area contributed by atoms with E-state index in [-0.39, 0.29) is 0 Å². The average molecular weight is 345 g/mol. The molecular weight excluding hydrogens is 316 g/mol. The van der Waals surface area contributed by atoms with Gasteiger partial charge in [0, 0.05) is 19.0 Å². The van der Waals surface area contributed by atoms with Crippen LogP contribution in [0.4, 0.5) is 0 Å². The molecule has 0 amide bonds. The molecule has 26 heavy (non-hydrogen) atoms. The van der Waals surface area contributed by atoms with Crippen LogP contribution in [0.25, 0.3) is 17.0 Å². The maximum Gasteiger partial charge on any atom is 0.140 e. The molecule has 0 bridgehead atoms. The molecule has 0 N–H and O–H groups in total. The smallest absolute Gasteiger partial charge is 0.140 e. The number of rotatable bonds is 1. The fraction of sp³-hybridized carbons (Fsp3) is 0.208. The third kappa shape index (κ3) is 4.82. The highest BCUT2D eigenvalue weighted by molar-refractivity contribution is 5.70. The van der Waals surface area contributed by atoms with Gasteiger partial charge in [0.15, 0.2) is 0 Å². The number of imidazole rings is 1. The number of allylic oxidation sites excluding steroid dienone is 4. The molecule has 1 heterocycles. The molecule has 1 aromatic heterocycles. The molecule has 0 aliphatic heterocycles. The first-order valence-electron chi connectivity index (χ1n) is 9.22. The van der Waals surface area contributed by atoms with Crippen LogP contribution in [-0.4, -0.2) is 9.55 Å².